The summed E-state index contributed by atoms with van der Waals surface area (Å²) in [5.74, 6) is 0. The van der Waals surface area contributed by atoms with Crippen molar-refractivity contribution in [3.63, 3.8) is 0 Å². The molecule has 66 valence electrons. The van der Waals surface area contributed by atoms with Gasteiger partial charge in [0.25, 0.3) is 0 Å². The van der Waals surface area contributed by atoms with Crippen LogP contribution in [0.5, 0.6) is 0 Å². The zero-order valence-electron chi connectivity index (χ0n) is 6.33. The molecule has 1 aromatic rings. The molecule has 0 saturated heterocycles. The second-order valence-electron chi connectivity index (χ2n) is 2.35. The maximum atomic E-state index is 11.1. The first kappa shape index (κ1) is 9.58. The van der Waals surface area contributed by atoms with Crippen molar-refractivity contribution < 1.29 is 24.2 Å². The van der Waals surface area contributed by atoms with Crippen LogP contribution in [0.2, 0.25) is 0 Å². The van der Waals surface area contributed by atoms with E-state index in [-0.39, 0.29) is 4.90 Å². The average Bonchev–Trinajstić information content (AvgIpc) is 2.05. The monoisotopic (exact) mass is 225 g/mol. The van der Waals surface area contributed by atoms with E-state index in [2.05, 4.69) is 19.2 Å². The minimum absolute atomic E-state index is 0.183. The quantitative estimate of drug-likeness (QED) is 0.714. The summed E-state index contributed by atoms with van der Waals surface area (Å²) in [6, 6.07) is 6.47. The van der Waals surface area contributed by atoms with Crippen LogP contribution in [0.25, 0.3) is 0 Å². The van der Waals surface area contributed by atoms with Crippen LogP contribution >= 0.6 is 0 Å². The normalized spacial score (nSPS) is 11.2. The molecule has 0 saturated carbocycles. The zero-order valence-corrected chi connectivity index (χ0v) is 8.26. The molecule has 5 heteroatoms. The first-order valence-electron chi connectivity index (χ1n) is 3.20. The van der Waals surface area contributed by atoms with Crippen molar-refractivity contribution in [3.8, 4) is 0 Å². The van der Waals surface area contributed by atoms with Gasteiger partial charge in [-0.3, -0.25) is 0 Å². The molecule has 0 amide bonds. The second kappa shape index (κ2) is 3.47. The maximum absolute atomic E-state index is 11.1. The van der Waals surface area contributed by atoms with Gasteiger partial charge in [0.1, 0.15) is 0 Å². The molecule has 0 bridgehead atoms. The van der Waals surface area contributed by atoms with Crippen LogP contribution in [-0.2, 0) is 25.8 Å². The summed E-state index contributed by atoms with van der Waals surface area (Å²) in [4.78, 5) is 0.183. The van der Waals surface area contributed by atoms with Gasteiger partial charge in [0, 0.05) is 0 Å². The number of sulfonamides is 1. The number of aryl methyl sites for hydroxylation is 1. The summed E-state index contributed by atoms with van der Waals surface area (Å²) < 4.78 is 25.2. The first-order chi connectivity index (χ1) is 5.56. The van der Waals surface area contributed by atoms with Crippen LogP contribution in [0.3, 0.4) is 0 Å². The molecule has 0 aromatic heterocycles. The van der Waals surface area contributed by atoms with Gasteiger partial charge in [-0.1, -0.05) is 0 Å². The number of nitrogens with zero attached hydrogens (tertiary/aromatic N) is 1. The van der Waals surface area contributed by atoms with Crippen molar-refractivity contribution in [2.75, 3.05) is 0 Å². The summed E-state index contributed by atoms with van der Waals surface area (Å²) in [7, 11) is -3.50. The van der Waals surface area contributed by atoms with Gasteiger partial charge in [-0.15, -0.1) is 0 Å². The van der Waals surface area contributed by atoms with Gasteiger partial charge < -0.3 is 0 Å². The van der Waals surface area contributed by atoms with Gasteiger partial charge >= 0.3 is 79.3 Å². The van der Waals surface area contributed by atoms with E-state index >= 15 is 0 Å². The molecular formula is C7H7FeNO2S. The molecule has 0 aliphatic rings. The fourth-order valence-electron chi connectivity index (χ4n) is 0.748. The van der Waals surface area contributed by atoms with E-state index in [9.17, 15) is 8.42 Å². The first-order valence-corrected chi connectivity index (χ1v) is 5.13. The Balaban J connectivity index is 3.23. The molecule has 0 N–H and O–H groups in total. The van der Waals surface area contributed by atoms with E-state index in [1.807, 2.05) is 6.92 Å². The third-order valence-corrected chi connectivity index (χ3v) is 3.24. The molecule has 3 nitrogen and oxygen atoms in total. The van der Waals surface area contributed by atoms with Gasteiger partial charge in [0.15, 0.2) is 0 Å². The molecule has 0 atom stereocenters. The van der Waals surface area contributed by atoms with Crippen LogP contribution in [-0.4, -0.2) is 8.42 Å². The molecular weight excluding hydrogens is 218 g/mol. The number of benzene rings is 1. The van der Waals surface area contributed by atoms with Gasteiger partial charge in [-0.2, -0.15) is 0 Å². The van der Waals surface area contributed by atoms with Gasteiger partial charge in [-0.25, -0.2) is 0 Å². The predicted molar refractivity (Wildman–Crippen MR) is 40.8 cm³/mol. The SMILES string of the molecule is Cc1ccc(S(=O)(=O)[N]=[Fe])cc1. The van der Waals surface area contributed by atoms with Crippen LogP contribution in [0.15, 0.2) is 32.5 Å². The Morgan fingerprint density at radius 2 is 1.75 bits per heavy atom. The van der Waals surface area contributed by atoms with E-state index in [4.69, 9.17) is 0 Å². The number of hydrogen-bond donors (Lipinski definition) is 0. The molecule has 0 radical (unpaired) electrons. The fourth-order valence-corrected chi connectivity index (χ4v) is 1.65. The molecule has 0 aliphatic heterocycles. The van der Waals surface area contributed by atoms with E-state index in [1.165, 1.54) is 12.1 Å². The van der Waals surface area contributed by atoms with Crippen molar-refractivity contribution in [2.45, 2.75) is 11.8 Å². The standard InChI is InChI=1S/C7H7NO2S.Fe/c1-6-2-4-7(5-3-6)11(8,9)10;/h2-5H,1H3;. The molecule has 0 spiro atoms. The molecule has 12 heavy (non-hydrogen) atoms. The second-order valence-corrected chi connectivity index (χ2v) is 4.51. The number of rotatable bonds is 2. The van der Waals surface area contributed by atoms with E-state index < -0.39 is 10.0 Å². The third kappa shape index (κ3) is 2.00. The molecule has 0 unspecified atom stereocenters. The van der Waals surface area contributed by atoms with E-state index in [0.29, 0.717) is 0 Å². The topological polar surface area (TPSA) is 46.5 Å². The predicted octanol–water partition coefficient (Wildman–Crippen LogP) is 1.41. The van der Waals surface area contributed by atoms with Crippen LogP contribution in [0.4, 0.5) is 0 Å². The Kier molecular flexibility index (Phi) is 2.77. The minimum atomic E-state index is -3.50. The molecule has 1 rings (SSSR count). The van der Waals surface area contributed by atoms with Crippen molar-refractivity contribution in [2.24, 2.45) is 3.37 Å². The van der Waals surface area contributed by atoms with Crippen molar-refractivity contribution in [1.29, 1.82) is 0 Å². The Bertz CT molecular complexity index is 382. The average molecular weight is 225 g/mol. The van der Waals surface area contributed by atoms with Crippen molar-refractivity contribution in [1.82, 2.24) is 0 Å². The summed E-state index contributed by atoms with van der Waals surface area (Å²) in [6.45, 7) is 1.89. The van der Waals surface area contributed by atoms with E-state index in [1.54, 1.807) is 12.1 Å². The van der Waals surface area contributed by atoms with Crippen LogP contribution < -0.4 is 0 Å². The summed E-state index contributed by atoms with van der Waals surface area (Å²) in [5.41, 5.74) is 1.01. The zero-order chi connectivity index (χ0) is 9.19. The van der Waals surface area contributed by atoms with Crippen molar-refractivity contribution >= 4 is 10.0 Å². The summed E-state index contributed by atoms with van der Waals surface area (Å²) >= 11 is 2.99. The van der Waals surface area contributed by atoms with E-state index in [0.717, 1.165) is 5.56 Å². The van der Waals surface area contributed by atoms with Crippen LogP contribution in [0.1, 0.15) is 5.56 Å². The van der Waals surface area contributed by atoms with Crippen molar-refractivity contribution in [3.05, 3.63) is 29.8 Å². The van der Waals surface area contributed by atoms with Gasteiger partial charge in [0.2, 0.25) is 0 Å². The molecule has 0 heterocycles. The molecule has 1 aromatic carbocycles. The Labute approximate surface area is 79.5 Å². The fraction of sp³-hybridized carbons (Fsp3) is 0.143. The molecule has 0 fully saturated rings. The third-order valence-electron chi connectivity index (χ3n) is 1.40. The van der Waals surface area contributed by atoms with Gasteiger partial charge in [-0.05, 0) is 0 Å². The van der Waals surface area contributed by atoms with Crippen LogP contribution in [0, 0.1) is 6.92 Å². The Hall–Kier alpha value is -0.511. The Morgan fingerprint density at radius 1 is 1.25 bits per heavy atom. The number of hydrogen-bond acceptors (Lipinski definition) is 2. The summed E-state index contributed by atoms with van der Waals surface area (Å²) in [6.07, 6.45) is 0. The Morgan fingerprint density at radius 3 is 2.17 bits per heavy atom. The summed E-state index contributed by atoms with van der Waals surface area (Å²) in [5, 5.41) is 0. The van der Waals surface area contributed by atoms with Gasteiger partial charge in [0.05, 0.1) is 0 Å². The molecule has 0 aliphatic carbocycles.